The molecule has 0 radical (unpaired) electrons. The van der Waals surface area contributed by atoms with Crippen LogP contribution < -0.4 is 0 Å². The fraction of sp³-hybridized carbons (Fsp3) is 0.656. The molecule has 1 saturated carbocycles. The molecule has 23 nitrogen and oxygen atoms in total. The molecule has 1 aliphatic rings. The zero-order valence-corrected chi connectivity index (χ0v) is 33.9. The number of halogens is 2. The Hall–Kier alpha value is -6.17. The maximum Gasteiger partial charge on any atom is 0.327 e. The lowest BCUT2D eigenvalue weighted by Gasteiger charge is -2.15. The first-order chi connectivity index (χ1) is 26.6. The number of aromatic amines is 3. The summed E-state index contributed by atoms with van der Waals surface area (Å²) in [5.74, 6) is -5.40. The number of carbonyl (C=O) groups is 6. The van der Waals surface area contributed by atoms with Crippen LogP contribution in [0.1, 0.15) is 112 Å². The Morgan fingerprint density at radius 3 is 1.39 bits per heavy atom. The van der Waals surface area contributed by atoms with E-state index in [-0.39, 0.29) is 18.8 Å². The van der Waals surface area contributed by atoms with Gasteiger partial charge in [0.05, 0.1) is 5.92 Å². The number of hydrogen-bond donors (Lipinski definition) is 8. The van der Waals surface area contributed by atoms with Crippen LogP contribution in [0.15, 0.2) is 12.2 Å². The van der Waals surface area contributed by atoms with E-state index in [1.165, 1.54) is 19.9 Å². The zero-order valence-electron chi connectivity index (χ0n) is 33.9. The molecule has 3 aromatic rings. The van der Waals surface area contributed by atoms with Gasteiger partial charge in [0.25, 0.3) is 6.47 Å². The number of nitrogens with zero attached hydrogens (tertiary/aromatic N) is 9. The molecule has 0 aromatic carbocycles. The summed E-state index contributed by atoms with van der Waals surface area (Å²) in [4.78, 5) is 57.0. The van der Waals surface area contributed by atoms with E-state index >= 15 is 0 Å². The Labute approximate surface area is 328 Å². The average molecular weight is 825 g/mol. The SMILES string of the molecule is C/C=C/C(=O)O.CC(=O)C(F)(F)C(C)C.CC1CC1C(=O)O.CCC(=O)O.CCCC(=O)O.CCCc1nn[nH]n1.CCc1nn[nH]n1.Cc1nn[nH]n1.O=CO. The van der Waals surface area contributed by atoms with Crippen LogP contribution in [0.5, 0.6) is 0 Å². The highest BCUT2D eigenvalue weighted by molar-refractivity contribution is 5.83. The van der Waals surface area contributed by atoms with E-state index in [1.54, 1.807) is 20.8 Å². The summed E-state index contributed by atoms with van der Waals surface area (Å²) in [7, 11) is 0. The fourth-order valence-electron chi connectivity index (χ4n) is 2.49. The maximum absolute atomic E-state index is 12.3. The first-order valence-corrected chi connectivity index (χ1v) is 17.2. The van der Waals surface area contributed by atoms with E-state index in [9.17, 15) is 32.8 Å². The molecule has 4 rings (SSSR count). The van der Waals surface area contributed by atoms with E-state index in [4.69, 9.17) is 30.3 Å². The Kier molecular flexibility index (Phi) is 41.7. The third kappa shape index (κ3) is 45.9. The largest absolute Gasteiger partial charge is 0.483 e. The van der Waals surface area contributed by atoms with Gasteiger partial charge in [-0.3, -0.25) is 24.0 Å². The van der Waals surface area contributed by atoms with Crippen LogP contribution >= 0.6 is 0 Å². The number of carboxylic acid groups (broad SMARTS) is 5. The predicted molar refractivity (Wildman–Crippen MR) is 198 cm³/mol. The Morgan fingerprint density at radius 1 is 0.842 bits per heavy atom. The van der Waals surface area contributed by atoms with Gasteiger partial charge in [0, 0.05) is 44.6 Å². The summed E-state index contributed by atoms with van der Waals surface area (Å²) in [6, 6.07) is 0. The number of carbonyl (C=O) groups excluding carboxylic acids is 1. The summed E-state index contributed by atoms with van der Waals surface area (Å²) in [6.07, 6.45) is 7.51. The van der Waals surface area contributed by atoms with Crippen molar-refractivity contribution in [2.24, 2.45) is 17.8 Å². The number of aromatic nitrogens is 12. The molecular weight excluding hydrogens is 766 g/mol. The lowest BCUT2D eigenvalue weighted by Crippen LogP contribution is -2.31. The van der Waals surface area contributed by atoms with Gasteiger partial charge in [-0.1, -0.05) is 70.2 Å². The van der Waals surface area contributed by atoms with Crippen molar-refractivity contribution < 1.29 is 63.1 Å². The van der Waals surface area contributed by atoms with Crippen molar-refractivity contribution in [3.63, 3.8) is 0 Å². The van der Waals surface area contributed by atoms with Gasteiger partial charge >= 0.3 is 29.8 Å². The Balaban J connectivity index is -0.000000180. The second-order valence-electron chi connectivity index (χ2n) is 11.0. The molecule has 8 N–H and O–H groups in total. The number of aryl methyl sites for hydroxylation is 3. The molecule has 0 amide bonds. The van der Waals surface area contributed by atoms with E-state index < -0.39 is 41.5 Å². The number of alkyl halides is 2. The highest BCUT2D eigenvalue weighted by Crippen LogP contribution is 2.37. The molecular formula is C32H58F2N12O11. The average Bonchev–Trinajstić information content (AvgIpc) is 3.62. The van der Waals surface area contributed by atoms with Gasteiger partial charge < -0.3 is 25.5 Å². The van der Waals surface area contributed by atoms with Crippen LogP contribution in [0, 0.1) is 24.7 Å². The summed E-state index contributed by atoms with van der Waals surface area (Å²) in [5.41, 5.74) is 0. The molecule has 0 bridgehead atoms. The Bertz CT molecular complexity index is 1450. The van der Waals surface area contributed by atoms with E-state index in [0.717, 1.165) is 56.8 Å². The minimum absolute atomic E-state index is 0.0139. The molecule has 3 aromatic heterocycles. The number of Topliss-reactive ketones (excluding diaryl/α,β-unsaturated/α-hetero) is 1. The summed E-state index contributed by atoms with van der Waals surface area (Å²) >= 11 is 0. The maximum atomic E-state index is 12.3. The molecule has 2 unspecified atom stereocenters. The van der Waals surface area contributed by atoms with Gasteiger partial charge in [0.2, 0.25) is 0 Å². The first-order valence-electron chi connectivity index (χ1n) is 17.2. The number of carboxylic acids is 4. The highest BCUT2D eigenvalue weighted by atomic mass is 19.3. The van der Waals surface area contributed by atoms with Crippen LogP contribution in [-0.2, 0) is 41.6 Å². The van der Waals surface area contributed by atoms with Crippen molar-refractivity contribution in [2.45, 2.75) is 120 Å². The Morgan fingerprint density at radius 2 is 1.28 bits per heavy atom. The molecule has 0 saturated heterocycles. The predicted octanol–water partition coefficient (Wildman–Crippen LogP) is 3.72. The van der Waals surface area contributed by atoms with Gasteiger partial charge in [-0.25, -0.2) is 4.79 Å². The number of allylic oxidation sites excluding steroid dienone is 1. The smallest absolute Gasteiger partial charge is 0.327 e. The van der Waals surface area contributed by atoms with Crippen molar-refractivity contribution in [1.29, 1.82) is 0 Å². The third-order valence-electron chi connectivity index (χ3n) is 5.72. The van der Waals surface area contributed by atoms with Gasteiger partial charge in [-0.2, -0.15) is 24.4 Å². The summed E-state index contributed by atoms with van der Waals surface area (Å²) < 4.78 is 24.6. The number of aliphatic carboxylic acids is 4. The normalized spacial score (nSPS) is 12.7. The number of tetrazole rings is 3. The molecule has 0 aliphatic heterocycles. The quantitative estimate of drug-likeness (QED) is 0.107. The van der Waals surface area contributed by atoms with Crippen molar-refractivity contribution >= 4 is 36.1 Å². The van der Waals surface area contributed by atoms with Crippen molar-refractivity contribution in [3.05, 3.63) is 29.6 Å². The minimum atomic E-state index is -3.14. The van der Waals surface area contributed by atoms with Crippen LogP contribution in [0.2, 0.25) is 0 Å². The lowest BCUT2D eigenvalue weighted by atomic mass is 10.0. The highest BCUT2D eigenvalue weighted by Gasteiger charge is 2.39. The number of hydrogen-bond acceptors (Lipinski definition) is 15. The standard InChI is InChI=1S/C6H10F2O.C5H8O2.C4H8N4.C4H8O2.C4H6O2.C3H6N4.C3H6O2.C2H4N4.CH2O2/c1-4(2)6(7,8)5(3)9;1-3-2-4(3)5(6)7;1-2-3-4-5-7-8-6-4;2*1-2-3-4(5)6;1-2-3-4-6-7-5-3;1-2-3(4)5;1-2-3-5-6-4-2;2-1-3/h4H,1-3H3;3-4H,2H2,1H3,(H,6,7);2-3H2,1H3,(H,5,6,7,8);2-3H2,1H3,(H,5,6);2-3H,1H3,(H,5,6);2H2,1H3,(H,4,5,6,7);2H2,1H3,(H,4,5);1H3,(H,3,4,5,6);1H,(H,2,3)/b;;;;3-2+;;;;. The number of ketones is 1. The van der Waals surface area contributed by atoms with Gasteiger partial charge in [-0.05, 0) is 39.0 Å². The number of nitrogens with one attached hydrogen (secondary N) is 3. The molecule has 57 heavy (non-hydrogen) atoms. The van der Waals surface area contributed by atoms with Gasteiger partial charge in [0.1, 0.15) is 0 Å². The molecule has 1 fully saturated rings. The monoisotopic (exact) mass is 824 g/mol. The van der Waals surface area contributed by atoms with Gasteiger partial charge in [-0.15, -0.1) is 30.6 Å². The summed E-state index contributed by atoms with van der Waals surface area (Å²) in [6.45, 7) is 16.2. The van der Waals surface area contributed by atoms with Crippen LogP contribution in [0.25, 0.3) is 0 Å². The van der Waals surface area contributed by atoms with Crippen LogP contribution in [0.4, 0.5) is 8.78 Å². The minimum Gasteiger partial charge on any atom is -0.483 e. The second kappa shape index (κ2) is 39.5. The second-order valence-corrected chi connectivity index (χ2v) is 11.0. The van der Waals surface area contributed by atoms with Crippen LogP contribution in [0.3, 0.4) is 0 Å². The van der Waals surface area contributed by atoms with Crippen LogP contribution in [-0.4, -0.2) is 129 Å². The molecule has 3 heterocycles. The fourth-order valence-corrected chi connectivity index (χ4v) is 2.49. The van der Waals surface area contributed by atoms with Crippen molar-refractivity contribution in [2.75, 3.05) is 0 Å². The number of H-pyrrole nitrogens is 3. The molecule has 326 valence electrons. The molecule has 0 spiro atoms. The van der Waals surface area contributed by atoms with E-state index in [0.29, 0.717) is 18.2 Å². The van der Waals surface area contributed by atoms with Crippen molar-refractivity contribution in [1.82, 2.24) is 61.9 Å². The van der Waals surface area contributed by atoms with Crippen molar-refractivity contribution in [3.8, 4) is 0 Å². The van der Waals surface area contributed by atoms with Gasteiger partial charge in [0.15, 0.2) is 23.3 Å². The lowest BCUT2D eigenvalue weighted by molar-refractivity contribution is -0.146. The van der Waals surface area contributed by atoms with E-state index in [1.807, 2.05) is 20.8 Å². The summed E-state index contributed by atoms with van der Waals surface area (Å²) in [5, 5.41) is 77.7. The molecule has 25 heteroatoms. The van der Waals surface area contributed by atoms with E-state index in [2.05, 4.69) is 68.8 Å². The molecule has 2 atom stereocenters. The number of rotatable bonds is 10. The third-order valence-corrected chi connectivity index (χ3v) is 5.72. The first kappa shape index (κ1) is 60.1. The topological polar surface area (TPSA) is 367 Å². The zero-order chi connectivity index (χ0) is 45.4. The molecule has 1 aliphatic carbocycles.